The van der Waals surface area contributed by atoms with Crippen LogP contribution in [0.2, 0.25) is 5.02 Å². The van der Waals surface area contributed by atoms with Crippen LogP contribution in [-0.2, 0) is 6.42 Å². The van der Waals surface area contributed by atoms with Gasteiger partial charge in [0.05, 0.1) is 29.4 Å². The van der Waals surface area contributed by atoms with Crippen molar-refractivity contribution in [3.8, 4) is 5.75 Å². The normalized spacial score (nSPS) is 16.6. The highest BCUT2D eigenvalue weighted by Crippen LogP contribution is 2.36. The minimum atomic E-state index is -0.525. The van der Waals surface area contributed by atoms with Crippen LogP contribution < -0.4 is 4.74 Å². The molecule has 0 aliphatic carbocycles. The van der Waals surface area contributed by atoms with Crippen LogP contribution in [-0.4, -0.2) is 39.4 Å². The standard InChI is InChI=1S/C18H16ClFN4O2/c1-9-14-12(21-7-5-13(14)26-2)6-8-24(9)18(25)17-22-15-10(19)3-4-11(20)16(15)23-17/h3-5,7,9H,6,8H2,1-2H3,(H,22,23)/t9-/m1/s1. The number of halogens is 2. The minimum Gasteiger partial charge on any atom is -0.496 e. The molecule has 3 heterocycles. The second-order valence-corrected chi connectivity index (χ2v) is 6.54. The molecule has 2 aromatic heterocycles. The van der Waals surface area contributed by atoms with Gasteiger partial charge in [0.1, 0.15) is 11.3 Å². The lowest BCUT2D eigenvalue weighted by Crippen LogP contribution is -2.39. The van der Waals surface area contributed by atoms with Gasteiger partial charge in [-0.05, 0) is 25.1 Å². The molecule has 0 radical (unpaired) electrons. The van der Waals surface area contributed by atoms with Crippen LogP contribution in [0.25, 0.3) is 11.0 Å². The summed E-state index contributed by atoms with van der Waals surface area (Å²) in [4.78, 5) is 26.1. The van der Waals surface area contributed by atoms with Crippen molar-refractivity contribution in [2.45, 2.75) is 19.4 Å². The summed E-state index contributed by atoms with van der Waals surface area (Å²) in [5.41, 5.74) is 2.18. The highest BCUT2D eigenvalue weighted by molar-refractivity contribution is 6.35. The number of hydrogen-bond acceptors (Lipinski definition) is 4. The number of fused-ring (bicyclic) bond motifs is 2. The van der Waals surface area contributed by atoms with Gasteiger partial charge in [0.15, 0.2) is 11.6 Å². The first-order valence-electron chi connectivity index (χ1n) is 8.17. The number of carbonyl (C=O) groups is 1. The van der Waals surface area contributed by atoms with Crippen molar-refractivity contribution < 1.29 is 13.9 Å². The van der Waals surface area contributed by atoms with Gasteiger partial charge in [0, 0.05) is 24.7 Å². The van der Waals surface area contributed by atoms with Gasteiger partial charge in [0.25, 0.3) is 5.91 Å². The number of nitrogens with one attached hydrogen (secondary N) is 1. The summed E-state index contributed by atoms with van der Waals surface area (Å²) in [6.07, 6.45) is 2.31. The largest absolute Gasteiger partial charge is 0.496 e. The summed E-state index contributed by atoms with van der Waals surface area (Å²) in [6, 6.07) is 4.20. The van der Waals surface area contributed by atoms with Crippen molar-refractivity contribution in [1.82, 2.24) is 19.9 Å². The van der Waals surface area contributed by atoms with E-state index >= 15 is 0 Å². The van der Waals surface area contributed by atoms with Gasteiger partial charge in [0.2, 0.25) is 0 Å². The smallest absolute Gasteiger partial charge is 0.290 e. The Morgan fingerprint density at radius 2 is 2.23 bits per heavy atom. The van der Waals surface area contributed by atoms with E-state index < -0.39 is 5.82 Å². The molecule has 0 saturated carbocycles. The maximum Gasteiger partial charge on any atom is 0.290 e. The SMILES string of the molecule is COc1ccnc2c1[C@@H](C)N(C(=O)c1nc3c(F)ccc(Cl)c3[nH]1)CC2. The Kier molecular flexibility index (Phi) is 4.03. The number of aromatic amines is 1. The zero-order valence-corrected chi connectivity index (χ0v) is 15.0. The molecular formula is C18H16ClFN4O2. The zero-order chi connectivity index (χ0) is 18.4. The number of rotatable bonds is 2. The Labute approximate surface area is 154 Å². The highest BCUT2D eigenvalue weighted by Gasteiger charge is 2.33. The van der Waals surface area contributed by atoms with Crippen molar-refractivity contribution in [2.24, 2.45) is 0 Å². The minimum absolute atomic E-state index is 0.0603. The lowest BCUT2D eigenvalue weighted by molar-refractivity contribution is 0.0662. The van der Waals surface area contributed by atoms with Gasteiger partial charge < -0.3 is 14.6 Å². The Hall–Kier alpha value is -2.67. The molecule has 1 aromatic carbocycles. The van der Waals surface area contributed by atoms with Crippen LogP contribution in [0.3, 0.4) is 0 Å². The van der Waals surface area contributed by atoms with Gasteiger partial charge >= 0.3 is 0 Å². The quantitative estimate of drug-likeness (QED) is 0.745. The molecule has 8 heteroatoms. The van der Waals surface area contributed by atoms with Gasteiger partial charge in [-0.1, -0.05) is 11.6 Å². The second kappa shape index (κ2) is 6.25. The molecule has 3 aromatic rings. The second-order valence-electron chi connectivity index (χ2n) is 6.14. The third kappa shape index (κ3) is 2.50. The van der Waals surface area contributed by atoms with E-state index in [4.69, 9.17) is 16.3 Å². The summed E-state index contributed by atoms with van der Waals surface area (Å²) in [6.45, 7) is 2.40. The third-order valence-corrected chi connectivity index (χ3v) is 5.05. The average Bonchev–Trinajstić information content (AvgIpc) is 3.11. The van der Waals surface area contributed by atoms with Gasteiger partial charge in [-0.3, -0.25) is 9.78 Å². The van der Waals surface area contributed by atoms with Crippen molar-refractivity contribution in [3.63, 3.8) is 0 Å². The number of ether oxygens (including phenoxy) is 1. The van der Waals surface area contributed by atoms with E-state index in [1.54, 1.807) is 24.3 Å². The fraction of sp³-hybridized carbons (Fsp3) is 0.278. The fourth-order valence-electron chi connectivity index (χ4n) is 3.44. The summed E-state index contributed by atoms with van der Waals surface area (Å²) in [7, 11) is 1.59. The number of methoxy groups -OCH3 is 1. The predicted octanol–water partition coefficient (Wildman–Crippen LogP) is 3.52. The number of imidazole rings is 1. The van der Waals surface area contributed by atoms with E-state index in [0.29, 0.717) is 29.3 Å². The zero-order valence-electron chi connectivity index (χ0n) is 14.2. The summed E-state index contributed by atoms with van der Waals surface area (Å²) < 4.78 is 19.4. The molecule has 0 fully saturated rings. The maximum absolute atomic E-state index is 14.0. The van der Waals surface area contributed by atoms with Crippen LogP contribution in [0.15, 0.2) is 24.4 Å². The van der Waals surface area contributed by atoms with Gasteiger partial charge in [-0.15, -0.1) is 0 Å². The third-order valence-electron chi connectivity index (χ3n) is 4.74. The first-order chi connectivity index (χ1) is 12.5. The van der Waals surface area contributed by atoms with Crippen LogP contribution in [0.4, 0.5) is 4.39 Å². The van der Waals surface area contributed by atoms with Crippen molar-refractivity contribution in [3.05, 3.63) is 52.3 Å². The molecule has 6 nitrogen and oxygen atoms in total. The Morgan fingerprint density at radius 1 is 1.42 bits per heavy atom. The number of nitrogens with zero attached hydrogens (tertiary/aromatic N) is 3. The first-order valence-corrected chi connectivity index (χ1v) is 8.55. The molecule has 26 heavy (non-hydrogen) atoms. The highest BCUT2D eigenvalue weighted by atomic mass is 35.5. The van der Waals surface area contributed by atoms with E-state index in [2.05, 4.69) is 15.0 Å². The first kappa shape index (κ1) is 16.8. The topological polar surface area (TPSA) is 71.1 Å². The van der Waals surface area contributed by atoms with E-state index in [1.807, 2.05) is 6.92 Å². The molecule has 1 aliphatic heterocycles. The number of aromatic nitrogens is 3. The maximum atomic E-state index is 14.0. The number of H-pyrrole nitrogens is 1. The van der Waals surface area contributed by atoms with Crippen molar-refractivity contribution in [1.29, 1.82) is 0 Å². The Balaban J connectivity index is 1.73. The van der Waals surface area contributed by atoms with E-state index in [1.165, 1.54) is 12.1 Å². The van der Waals surface area contributed by atoms with E-state index in [0.717, 1.165) is 11.3 Å². The molecule has 134 valence electrons. The summed E-state index contributed by atoms with van der Waals surface area (Å²) in [5, 5.41) is 0.316. The Bertz CT molecular complexity index is 967. The number of amides is 1. The molecule has 0 spiro atoms. The fourth-order valence-corrected chi connectivity index (χ4v) is 3.64. The van der Waals surface area contributed by atoms with Crippen molar-refractivity contribution >= 4 is 28.5 Å². The van der Waals surface area contributed by atoms with Crippen LogP contribution >= 0.6 is 11.6 Å². The van der Waals surface area contributed by atoms with Crippen molar-refractivity contribution in [2.75, 3.05) is 13.7 Å². The number of hydrogen-bond donors (Lipinski definition) is 1. The van der Waals surface area contributed by atoms with Crippen LogP contribution in [0, 0.1) is 5.82 Å². The molecule has 1 aliphatic rings. The Morgan fingerprint density at radius 3 is 2.96 bits per heavy atom. The lowest BCUT2D eigenvalue weighted by Gasteiger charge is -2.34. The molecule has 1 atom stereocenters. The van der Waals surface area contributed by atoms with Gasteiger partial charge in [-0.25, -0.2) is 9.37 Å². The number of pyridine rings is 1. The molecule has 0 unspecified atom stereocenters. The summed E-state index contributed by atoms with van der Waals surface area (Å²) in [5.74, 6) is -0.0906. The molecule has 1 N–H and O–H groups in total. The number of benzene rings is 1. The van der Waals surface area contributed by atoms with E-state index in [-0.39, 0.29) is 23.3 Å². The summed E-state index contributed by atoms with van der Waals surface area (Å²) >= 11 is 6.08. The molecule has 0 bridgehead atoms. The van der Waals surface area contributed by atoms with Crippen LogP contribution in [0.1, 0.15) is 34.8 Å². The molecule has 0 saturated heterocycles. The molecule has 4 rings (SSSR count). The predicted molar refractivity (Wildman–Crippen MR) is 95.0 cm³/mol. The molecule has 1 amide bonds. The van der Waals surface area contributed by atoms with Crippen LogP contribution in [0.5, 0.6) is 5.75 Å². The monoisotopic (exact) mass is 374 g/mol. The molecular weight excluding hydrogens is 359 g/mol. The van der Waals surface area contributed by atoms with Gasteiger partial charge in [-0.2, -0.15) is 0 Å². The van der Waals surface area contributed by atoms with E-state index in [9.17, 15) is 9.18 Å². The lowest BCUT2D eigenvalue weighted by atomic mass is 9.97. The average molecular weight is 375 g/mol. The number of carbonyl (C=O) groups excluding carboxylic acids is 1.